The van der Waals surface area contributed by atoms with Crippen molar-refractivity contribution in [3.05, 3.63) is 54.0 Å². The molecule has 0 saturated carbocycles. The minimum absolute atomic E-state index is 0.0231. The van der Waals surface area contributed by atoms with E-state index >= 15 is 0 Å². The Hall–Kier alpha value is -2.76. The highest BCUT2D eigenvalue weighted by molar-refractivity contribution is 5.89. The molecule has 0 bridgehead atoms. The highest BCUT2D eigenvalue weighted by Gasteiger charge is 2.24. The monoisotopic (exact) mass is 369 g/mol. The molecule has 1 aromatic heterocycles. The second-order valence-corrected chi connectivity index (χ2v) is 7.08. The van der Waals surface area contributed by atoms with Gasteiger partial charge in [0.15, 0.2) is 0 Å². The number of likely N-dealkylation sites (tertiary alicyclic amines) is 1. The van der Waals surface area contributed by atoms with Gasteiger partial charge in [-0.25, -0.2) is 4.79 Å². The highest BCUT2D eigenvalue weighted by Crippen LogP contribution is 2.22. The molecule has 1 saturated heterocycles. The molecule has 1 aliphatic heterocycles. The lowest BCUT2D eigenvalue weighted by atomic mass is 9.93. The van der Waals surface area contributed by atoms with Crippen LogP contribution in [0.25, 0.3) is 0 Å². The summed E-state index contributed by atoms with van der Waals surface area (Å²) in [5, 5.41) is 5.83. The number of anilines is 1. The minimum Gasteiger partial charge on any atom is -0.465 e. The van der Waals surface area contributed by atoms with E-state index in [0.717, 1.165) is 43.0 Å². The number of para-hydroxylation sites is 1. The molecule has 0 aliphatic carbocycles. The van der Waals surface area contributed by atoms with Crippen LogP contribution in [0, 0.1) is 12.8 Å². The van der Waals surface area contributed by atoms with Gasteiger partial charge in [-0.05, 0) is 56.4 Å². The average molecular weight is 369 g/mol. The molecule has 1 atom stereocenters. The van der Waals surface area contributed by atoms with Gasteiger partial charge in [-0.3, -0.25) is 4.79 Å². The zero-order valence-corrected chi connectivity index (χ0v) is 15.7. The number of urea groups is 1. The molecule has 0 spiro atoms. The Bertz CT molecular complexity index is 757. The summed E-state index contributed by atoms with van der Waals surface area (Å²) in [7, 11) is 0. The first-order chi connectivity index (χ1) is 13.1. The molecule has 0 radical (unpaired) electrons. The fraction of sp³-hybridized carbons (Fsp3) is 0.429. The Morgan fingerprint density at radius 1 is 1.19 bits per heavy atom. The third-order valence-electron chi connectivity index (χ3n) is 4.87. The van der Waals surface area contributed by atoms with Crippen LogP contribution in [0.1, 0.15) is 37.2 Å². The van der Waals surface area contributed by atoms with E-state index in [2.05, 4.69) is 10.6 Å². The van der Waals surface area contributed by atoms with Crippen molar-refractivity contribution < 1.29 is 14.0 Å². The molecule has 2 N–H and O–H groups in total. The Labute approximate surface area is 159 Å². The van der Waals surface area contributed by atoms with Crippen LogP contribution in [0.5, 0.6) is 0 Å². The van der Waals surface area contributed by atoms with Crippen LogP contribution in [0.2, 0.25) is 0 Å². The standard InChI is InChI=1S/C21H27N3O3/c1-16-9-11-19(27-16)14-22-20(25)12-10-17-6-5-13-24(15-17)21(26)23-18-7-3-2-4-8-18/h2-4,7-9,11,17H,5-6,10,12-15H2,1H3,(H,22,25)(H,23,26). The number of nitrogens with zero attached hydrogens (tertiary/aromatic N) is 1. The third kappa shape index (κ3) is 5.88. The lowest BCUT2D eigenvalue weighted by Crippen LogP contribution is -2.42. The highest BCUT2D eigenvalue weighted by atomic mass is 16.3. The summed E-state index contributed by atoms with van der Waals surface area (Å²) >= 11 is 0. The molecule has 144 valence electrons. The molecule has 2 heterocycles. The van der Waals surface area contributed by atoms with Gasteiger partial charge in [-0.15, -0.1) is 0 Å². The van der Waals surface area contributed by atoms with Crippen molar-refractivity contribution in [3.63, 3.8) is 0 Å². The SMILES string of the molecule is Cc1ccc(CNC(=O)CCC2CCCN(C(=O)Nc3ccccc3)C2)o1. The number of carbonyl (C=O) groups is 2. The lowest BCUT2D eigenvalue weighted by molar-refractivity contribution is -0.121. The smallest absolute Gasteiger partial charge is 0.321 e. The van der Waals surface area contributed by atoms with Crippen LogP contribution in [0.15, 0.2) is 46.9 Å². The Balaban J connectivity index is 1.40. The fourth-order valence-corrected chi connectivity index (χ4v) is 3.40. The molecular weight excluding hydrogens is 342 g/mol. The minimum atomic E-state index is -0.0662. The maximum Gasteiger partial charge on any atom is 0.321 e. The maximum atomic E-state index is 12.4. The van der Waals surface area contributed by atoms with Crippen molar-refractivity contribution in [1.29, 1.82) is 0 Å². The molecular formula is C21H27N3O3. The van der Waals surface area contributed by atoms with E-state index in [-0.39, 0.29) is 11.9 Å². The van der Waals surface area contributed by atoms with E-state index in [4.69, 9.17) is 4.42 Å². The zero-order valence-electron chi connectivity index (χ0n) is 15.7. The average Bonchev–Trinajstić information content (AvgIpc) is 3.11. The number of carbonyl (C=O) groups excluding carboxylic acids is 2. The molecule has 2 aromatic rings. The number of aryl methyl sites for hydroxylation is 1. The van der Waals surface area contributed by atoms with Gasteiger partial charge in [0.05, 0.1) is 6.54 Å². The van der Waals surface area contributed by atoms with E-state index < -0.39 is 0 Å². The third-order valence-corrected chi connectivity index (χ3v) is 4.87. The Morgan fingerprint density at radius 2 is 2.00 bits per heavy atom. The first-order valence-electron chi connectivity index (χ1n) is 9.53. The second-order valence-electron chi connectivity index (χ2n) is 7.08. The van der Waals surface area contributed by atoms with Crippen molar-refractivity contribution in [2.75, 3.05) is 18.4 Å². The van der Waals surface area contributed by atoms with Crippen LogP contribution < -0.4 is 10.6 Å². The molecule has 27 heavy (non-hydrogen) atoms. The predicted octanol–water partition coefficient (Wildman–Crippen LogP) is 3.93. The van der Waals surface area contributed by atoms with Crippen molar-refractivity contribution in [2.24, 2.45) is 5.92 Å². The van der Waals surface area contributed by atoms with E-state index in [1.54, 1.807) is 0 Å². The van der Waals surface area contributed by atoms with Crippen LogP contribution in [0.4, 0.5) is 10.5 Å². The van der Waals surface area contributed by atoms with Gasteiger partial charge in [0, 0.05) is 25.2 Å². The summed E-state index contributed by atoms with van der Waals surface area (Å²) in [5.74, 6) is 1.99. The second kappa shape index (κ2) is 9.26. The van der Waals surface area contributed by atoms with E-state index in [1.165, 1.54) is 0 Å². The quantitative estimate of drug-likeness (QED) is 0.810. The summed E-state index contributed by atoms with van der Waals surface area (Å²) < 4.78 is 5.45. The molecule has 1 aromatic carbocycles. The number of benzene rings is 1. The van der Waals surface area contributed by atoms with Gasteiger partial charge in [-0.1, -0.05) is 18.2 Å². The van der Waals surface area contributed by atoms with Crippen LogP contribution in [-0.2, 0) is 11.3 Å². The summed E-state index contributed by atoms with van der Waals surface area (Å²) in [4.78, 5) is 26.4. The first-order valence-corrected chi connectivity index (χ1v) is 9.53. The Kier molecular flexibility index (Phi) is 6.52. The first kappa shape index (κ1) is 19.0. The van der Waals surface area contributed by atoms with E-state index in [9.17, 15) is 9.59 Å². The molecule has 1 fully saturated rings. The van der Waals surface area contributed by atoms with Gasteiger partial charge in [0.2, 0.25) is 5.91 Å². The van der Waals surface area contributed by atoms with Crippen LogP contribution in [-0.4, -0.2) is 29.9 Å². The number of nitrogens with one attached hydrogen (secondary N) is 2. The predicted molar refractivity (Wildman–Crippen MR) is 104 cm³/mol. The number of hydrogen-bond donors (Lipinski definition) is 2. The largest absolute Gasteiger partial charge is 0.465 e. The van der Waals surface area contributed by atoms with Gasteiger partial charge < -0.3 is 20.0 Å². The zero-order chi connectivity index (χ0) is 19.1. The molecule has 3 rings (SSSR count). The molecule has 1 aliphatic rings. The van der Waals surface area contributed by atoms with Crippen LogP contribution >= 0.6 is 0 Å². The molecule has 6 nitrogen and oxygen atoms in total. The number of piperidine rings is 1. The van der Waals surface area contributed by atoms with Gasteiger partial charge in [0.25, 0.3) is 0 Å². The summed E-state index contributed by atoms with van der Waals surface area (Å²) in [6.07, 6.45) is 3.29. The van der Waals surface area contributed by atoms with Gasteiger partial charge in [-0.2, -0.15) is 0 Å². The van der Waals surface area contributed by atoms with Crippen molar-refractivity contribution in [3.8, 4) is 0 Å². The Morgan fingerprint density at radius 3 is 2.74 bits per heavy atom. The topological polar surface area (TPSA) is 74.6 Å². The van der Waals surface area contributed by atoms with Crippen molar-refractivity contribution >= 4 is 17.6 Å². The number of amides is 3. The summed E-state index contributed by atoms with van der Waals surface area (Å²) in [5.41, 5.74) is 0.803. The van der Waals surface area contributed by atoms with Gasteiger partial charge >= 0.3 is 6.03 Å². The molecule has 1 unspecified atom stereocenters. The summed E-state index contributed by atoms with van der Waals surface area (Å²) in [6, 6.07) is 13.2. The van der Waals surface area contributed by atoms with Crippen molar-refractivity contribution in [2.45, 2.75) is 39.2 Å². The normalized spacial score (nSPS) is 16.8. The number of rotatable bonds is 6. The van der Waals surface area contributed by atoms with Gasteiger partial charge in [0.1, 0.15) is 11.5 Å². The molecule has 6 heteroatoms. The van der Waals surface area contributed by atoms with Crippen LogP contribution in [0.3, 0.4) is 0 Å². The lowest BCUT2D eigenvalue weighted by Gasteiger charge is -2.32. The summed E-state index contributed by atoms with van der Waals surface area (Å²) in [6.45, 7) is 3.76. The van der Waals surface area contributed by atoms with E-state index in [1.807, 2.05) is 54.3 Å². The van der Waals surface area contributed by atoms with E-state index in [0.29, 0.717) is 25.4 Å². The number of furan rings is 1. The maximum absolute atomic E-state index is 12.4. The van der Waals surface area contributed by atoms with Crippen molar-refractivity contribution in [1.82, 2.24) is 10.2 Å². The number of hydrogen-bond acceptors (Lipinski definition) is 3. The fourth-order valence-electron chi connectivity index (χ4n) is 3.40. The molecule has 3 amide bonds.